The highest BCUT2D eigenvalue weighted by Crippen LogP contribution is 2.27. The number of hydrogen-bond acceptors (Lipinski definition) is 2. The molecule has 0 spiro atoms. The second-order valence-electron chi connectivity index (χ2n) is 5.89. The van der Waals surface area contributed by atoms with E-state index in [0.29, 0.717) is 6.42 Å². The maximum absolute atomic E-state index is 12.5. The zero-order chi connectivity index (χ0) is 14.7. The van der Waals surface area contributed by atoms with E-state index in [4.69, 9.17) is 0 Å². The minimum absolute atomic E-state index is 0.207. The predicted molar refractivity (Wildman–Crippen MR) is 85.7 cm³/mol. The average molecular weight is 277 g/mol. The van der Waals surface area contributed by atoms with Gasteiger partial charge in [0.15, 0.2) is 5.78 Å². The first kappa shape index (κ1) is 13.6. The maximum Gasteiger partial charge on any atom is 0.167 e. The van der Waals surface area contributed by atoms with Gasteiger partial charge in [-0.25, -0.2) is 0 Å². The first-order valence-corrected chi connectivity index (χ1v) is 7.27. The van der Waals surface area contributed by atoms with Gasteiger partial charge in [0.2, 0.25) is 0 Å². The Morgan fingerprint density at radius 3 is 2.24 bits per heavy atom. The van der Waals surface area contributed by atoms with E-state index in [2.05, 4.69) is 24.4 Å². The van der Waals surface area contributed by atoms with Gasteiger partial charge in [-0.2, -0.15) is 0 Å². The molecule has 21 heavy (non-hydrogen) atoms. The Morgan fingerprint density at radius 1 is 1.00 bits per heavy atom. The minimum atomic E-state index is -0.212. The van der Waals surface area contributed by atoms with Gasteiger partial charge >= 0.3 is 0 Å². The van der Waals surface area contributed by atoms with Crippen LogP contribution in [-0.4, -0.2) is 11.3 Å². The summed E-state index contributed by atoms with van der Waals surface area (Å²) in [6.45, 7) is 2.11. The zero-order valence-electron chi connectivity index (χ0n) is 12.2. The summed E-state index contributed by atoms with van der Waals surface area (Å²) in [6, 6.07) is 20.1. The average Bonchev–Trinajstić information content (AvgIpc) is 2.49. The standard InChI is InChI=1S/C19H19NO/c1-19(12-15-8-4-2-5-9-15)13-18(21)17(14-20-19)16-10-6-3-7-11-16/h2-11,14,20H,12-13H2,1H3. The monoisotopic (exact) mass is 277 g/mol. The molecule has 1 aliphatic heterocycles. The fourth-order valence-electron chi connectivity index (χ4n) is 2.85. The molecule has 2 aromatic carbocycles. The lowest BCUT2D eigenvalue weighted by Gasteiger charge is -2.34. The minimum Gasteiger partial charge on any atom is -0.384 e. The Morgan fingerprint density at radius 2 is 1.62 bits per heavy atom. The Kier molecular flexibility index (Phi) is 3.61. The molecule has 0 amide bonds. The van der Waals surface area contributed by atoms with Crippen molar-refractivity contribution in [2.75, 3.05) is 0 Å². The molecule has 1 aliphatic rings. The molecule has 1 atom stereocenters. The van der Waals surface area contributed by atoms with Gasteiger partial charge in [0, 0.05) is 23.7 Å². The van der Waals surface area contributed by atoms with Gasteiger partial charge in [0.1, 0.15) is 0 Å². The van der Waals surface area contributed by atoms with Crippen LogP contribution in [0, 0.1) is 0 Å². The normalized spacial score (nSPS) is 21.6. The summed E-state index contributed by atoms with van der Waals surface area (Å²) in [5.41, 5.74) is 2.80. The Balaban J connectivity index is 1.81. The molecular formula is C19H19NO. The van der Waals surface area contributed by atoms with Crippen molar-refractivity contribution < 1.29 is 4.79 Å². The number of Topliss-reactive ketones (excluding diaryl/α,β-unsaturated/α-hetero) is 1. The van der Waals surface area contributed by atoms with Crippen LogP contribution in [0.5, 0.6) is 0 Å². The van der Waals surface area contributed by atoms with E-state index in [1.807, 2.05) is 54.7 Å². The number of carbonyl (C=O) groups is 1. The lowest BCUT2D eigenvalue weighted by Crippen LogP contribution is -2.46. The smallest absolute Gasteiger partial charge is 0.167 e. The molecule has 2 heteroatoms. The van der Waals surface area contributed by atoms with Crippen molar-refractivity contribution in [1.82, 2.24) is 5.32 Å². The largest absolute Gasteiger partial charge is 0.384 e. The molecule has 0 bridgehead atoms. The third-order valence-corrected chi connectivity index (χ3v) is 3.94. The fourth-order valence-corrected chi connectivity index (χ4v) is 2.85. The van der Waals surface area contributed by atoms with Crippen molar-refractivity contribution in [3.05, 3.63) is 78.0 Å². The van der Waals surface area contributed by atoms with Gasteiger partial charge in [-0.15, -0.1) is 0 Å². The summed E-state index contributed by atoms with van der Waals surface area (Å²) in [6.07, 6.45) is 3.24. The highest BCUT2D eigenvalue weighted by molar-refractivity contribution is 6.21. The quantitative estimate of drug-likeness (QED) is 0.929. The number of carbonyl (C=O) groups excluding carboxylic acids is 1. The van der Waals surface area contributed by atoms with Crippen molar-refractivity contribution in [3.63, 3.8) is 0 Å². The van der Waals surface area contributed by atoms with Crippen LogP contribution >= 0.6 is 0 Å². The van der Waals surface area contributed by atoms with E-state index >= 15 is 0 Å². The molecule has 0 saturated carbocycles. The second kappa shape index (κ2) is 5.57. The van der Waals surface area contributed by atoms with Gasteiger partial charge in [-0.3, -0.25) is 4.79 Å². The summed E-state index contributed by atoms with van der Waals surface area (Å²) < 4.78 is 0. The van der Waals surface area contributed by atoms with Crippen molar-refractivity contribution >= 4 is 11.4 Å². The summed E-state index contributed by atoms with van der Waals surface area (Å²) in [4.78, 5) is 12.5. The Labute approximate surface area is 125 Å². The van der Waals surface area contributed by atoms with Gasteiger partial charge in [0.25, 0.3) is 0 Å². The highest BCUT2D eigenvalue weighted by atomic mass is 16.1. The van der Waals surface area contributed by atoms with Crippen molar-refractivity contribution in [2.24, 2.45) is 0 Å². The summed E-state index contributed by atoms with van der Waals surface area (Å²) in [5.74, 6) is 0.207. The van der Waals surface area contributed by atoms with Crippen LogP contribution in [-0.2, 0) is 11.2 Å². The number of rotatable bonds is 3. The van der Waals surface area contributed by atoms with Crippen LogP contribution in [0.1, 0.15) is 24.5 Å². The first-order chi connectivity index (χ1) is 10.2. The molecule has 0 saturated heterocycles. The second-order valence-corrected chi connectivity index (χ2v) is 5.89. The number of nitrogens with one attached hydrogen (secondary N) is 1. The Hall–Kier alpha value is -2.35. The van der Waals surface area contributed by atoms with E-state index in [0.717, 1.165) is 17.6 Å². The first-order valence-electron chi connectivity index (χ1n) is 7.27. The molecule has 0 fully saturated rings. The highest BCUT2D eigenvalue weighted by Gasteiger charge is 2.32. The molecule has 0 radical (unpaired) electrons. The lowest BCUT2D eigenvalue weighted by molar-refractivity contribution is -0.115. The molecule has 0 aromatic heterocycles. The third kappa shape index (κ3) is 3.05. The van der Waals surface area contributed by atoms with Crippen LogP contribution in [0.2, 0.25) is 0 Å². The van der Waals surface area contributed by atoms with Crippen LogP contribution in [0.15, 0.2) is 66.9 Å². The molecule has 0 aliphatic carbocycles. The van der Waals surface area contributed by atoms with Crippen LogP contribution in [0.4, 0.5) is 0 Å². The molecular weight excluding hydrogens is 258 g/mol. The molecule has 2 nitrogen and oxygen atoms in total. The fraction of sp³-hybridized carbons (Fsp3) is 0.211. The van der Waals surface area contributed by atoms with Crippen molar-refractivity contribution in [2.45, 2.75) is 25.3 Å². The van der Waals surface area contributed by atoms with Gasteiger partial charge in [-0.1, -0.05) is 60.7 Å². The van der Waals surface area contributed by atoms with Gasteiger partial charge in [0.05, 0.1) is 0 Å². The molecule has 1 heterocycles. The van der Waals surface area contributed by atoms with Gasteiger partial charge < -0.3 is 5.32 Å². The molecule has 1 N–H and O–H groups in total. The van der Waals surface area contributed by atoms with E-state index in [9.17, 15) is 4.79 Å². The SMILES string of the molecule is CC1(Cc2ccccc2)CC(=O)C(c2ccccc2)=CN1. The summed E-state index contributed by atoms with van der Waals surface area (Å²) in [7, 11) is 0. The topological polar surface area (TPSA) is 29.1 Å². The van der Waals surface area contributed by atoms with E-state index in [1.54, 1.807) is 0 Å². The lowest BCUT2D eigenvalue weighted by atomic mass is 9.82. The zero-order valence-corrected chi connectivity index (χ0v) is 12.2. The molecule has 3 rings (SSSR count). The summed E-state index contributed by atoms with van der Waals surface area (Å²) in [5, 5.41) is 3.44. The van der Waals surface area contributed by atoms with Crippen LogP contribution in [0.25, 0.3) is 5.57 Å². The molecule has 1 unspecified atom stereocenters. The molecule has 106 valence electrons. The van der Waals surface area contributed by atoms with E-state index < -0.39 is 0 Å². The number of ketones is 1. The van der Waals surface area contributed by atoms with Gasteiger partial charge in [-0.05, 0) is 24.5 Å². The number of hydrogen-bond donors (Lipinski definition) is 1. The predicted octanol–water partition coefficient (Wildman–Crippen LogP) is 3.59. The van der Waals surface area contributed by atoms with E-state index in [-0.39, 0.29) is 11.3 Å². The number of benzene rings is 2. The van der Waals surface area contributed by atoms with Crippen LogP contribution in [0.3, 0.4) is 0 Å². The maximum atomic E-state index is 12.5. The van der Waals surface area contributed by atoms with E-state index in [1.165, 1.54) is 5.56 Å². The number of allylic oxidation sites excluding steroid dienone is 1. The van der Waals surface area contributed by atoms with Crippen molar-refractivity contribution in [1.29, 1.82) is 0 Å². The summed E-state index contributed by atoms with van der Waals surface area (Å²) >= 11 is 0. The molecule has 2 aromatic rings. The van der Waals surface area contributed by atoms with Crippen LogP contribution < -0.4 is 5.32 Å². The third-order valence-electron chi connectivity index (χ3n) is 3.94. The van der Waals surface area contributed by atoms with Crippen molar-refractivity contribution in [3.8, 4) is 0 Å². The Bertz CT molecular complexity index is 660.